The van der Waals surface area contributed by atoms with Gasteiger partial charge in [-0.2, -0.15) is 0 Å². The van der Waals surface area contributed by atoms with Gasteiger partial charge in [0.25, 0.3) is 0 Å². The molecular formula is C17H22N2O2. The van der Waals surface area contributed by atoms with Crippen molar-refractivity contribution in [1.82, 2.24) is 0 Å². The molecule has 2 aromatic carbocycles. The highest BCUT2D eigenvalue weighted by molar-refractivity contribution is 5.57. The van der Waals surface area contributed by atoms with E-state index in [1.54, 1.807) is 14.2 Å². The fraction of sp³-hybridized carbons (Fsp3) is 0.294. The Labute approximate surface area is 126 Å². The summed E-state index contributed by atoms with van der Waals surface area (Å²) in [6, 6.07) is 14.0. The second-order valence-corrected chi connectivity index (χ2v) is 4.87. The first-order valence-corrected chi connectivity index (χ1v) is 6.89. The molecule has 0 aliphatic carbocycles. The smallest absolute Gasteiger partial charge is 0.123 e. The molecule has 2 rings (SSSR count). The Hall–Kier alpha value is -2.20. The SMILES string of the molecule is COc1ccc(CN)c(N(C)Cc2ccccc2OC)c1. The van der Waals surface area contributed by atoms with Crippen LogP contribution in [0.1, 0.15) is 11.1 Å². The van der Waals surface area contributed by atoms with Crippen molar-refractivity contribution in [3.63, 3.8) is 0 Å². The third-order valence-electron chi connectivity index (χ3n) is 3.52. The highest BCUT2D eigenvalue weighted by atomic mass is 16.5. The van der Waals surface area contributed by atoms with Crippen LogP contribution in [0.4, 0.5) is 5.69 Å². The van der Waals surface area contributed by atoms with Gasteiger partial charge in [-0.25, -0.2) is 0 Å². The van der Waals surface area contributed by atoms with E-state index in [1.807, 2.05) is 43.4 Å². The summed E-state index contributed by atoms with van der Waals surface area (Å²) in [5, 5.41) is 0. The van der Waals surface area contributed by atoms with Crippen LogP contribution in [0.2, 0.25) is 0 Å². The van der Waals surface area contributed by atoms with Gasteiger partial charge in [-0.15, -0.1) is 0 Å². The summed E-state index contributed by atoms with van der Waals surface area (Å²) in [7, 11) is 5.40. The number of anilines is 1. The second-order valence-electron chi connectivity index (χ2n) is 4.87. The minimum Gasteiger partial charge on any atom is -0.497 e. The van der Waals surface area contributed by atoms with E-state index in [4.69, 9.17) is 15.2 Å². The zero-order valence-corrected chi connectivity index (χ0v) is 12.8. The van der Waals surface area contributed by atoms with Crippen molar-refractivity contribution >= 4 is 5.69 Å². The fourth-order valence-corrected chi connectivity index (χ4v) is 2.37. The minimum absolute atomic E-state index is 0.496. The molecule has 0 aliphatic heterocycles. The Morgan fingerprint density at radius 3 is 2.43 bits per heavy atom. The van der Waals surface area contributed by atoms with Crippen LogP contribution in [0.3, 0.4) is 0 Å². The van der Waals surface area contributed by atoms with Crippen molar-refractivity contribution in [2.75, 3.05) is 26.2 Å². The average Bonchev–Trinajstić information content (AvgIpc) is 2.54. The van der Waals surface area contributed by atoms with Crippen molar-refractivity contribution in [1.29, 1.82) is 0 Å². The Kier molecular flexibility index (Phi) is 5.06. The molecule has 0 fully saturated rings. The predicted octanol–water partition coefficient (Wildman–Crippen LogP) is 2.80. The fourth-order valence-electron chi connectivity index (χ4n) is 2.37. The summed E-state index contributed by atoms with van der Waals surface area (Å²) in [6.07, 6.45) is 0. The molecule has 4 nitrogen and oxygen atoms in total. The molecule has 0 saturated heterocycles. The minimum atomic E-state index is 0.496. The van der Waals surface area contributed by atoms with Gasteiger partial charge in [0.15, 0.2) is 0 Å². The number of rotatable bonds is 6. The number of ether oxygens (including phenoxy) is 2. The van der Waals surface area contributed by atoms with Gasteiger partial charge in [-0.1, -0.05) is 24.3 Å². The molecule has 4 heteroatoms. The lowest BCUT2D eigenvalue weighted by Gasteiger charge is -2.23. The maximum Gasteiger partial charge on any atom is 0.123 e. The van der Waals surface area contributed by atoms with E-state index in [0.717, 1.165) is 34.9 Å². The molecule has 0 radical (unpaired) electrons. The zero-order chi connectivity index (χ0) is 15.2. The van der Waals surface area contributed by atoms with E-state index in [2.05, 4.69) is 11.0 Å². The van der Waals surface area contributed by atoms with Crippen LogP contribution >= 0.6 is 0 Å². The van der Waals surface area contributed by atoms with Gasteiger partial charge in [0.1, 0.15) is 11.5 Å². The molecule has 0 bridgehead atoms. The van der Waals surface area contributed by atoms with Crippen LogP contribution < -0.4 is 20.1 Å². The van der Waals surface area contributed by atoms with Crippen LogP contribution in [0.5, 0.6) is 11.5 Å². The van der Waals surface area contributed by atoms with E-state index in [9.17, 15) is 0 Å². The van der Waals surface area contributed by atoms with Crippen molar-refractivity contribution in [2.24, 2.45) is 5.73 Å². The zero-order valence-electron chi connectivity index (χ0n) is 12.8. The molecule has 0 saturated carbocycles. The standard InChI is InChI=1S/C17H22N2O2/c1-19(12-14-6-4-5-7-17(14)21-3)16-10-15(20-2)9-8-13(16)11-18/h4-10H,11-12,18H2,1-3H3. The van der Waals surface area contributed by atoms with E-state index >= 15 is 0 Å². The van der Waals surface area contributed by atoms with Crippen molar-refractivity contribution in [3.05, 3.63) is 53.6 Å². The van der Waals surface area contributed by atoms with Gasteiger partial charge in [-0.3, -0.25) is 0 Å². The topological polar surface area (TPSA) is 47.7 Å². The number of para-hydroxylation sites is 1. The number of benzene rings is 2. The van der Waals surface area contributed by atoms with Gasteiger partial charge in [0.2, 0.25) is 0 Å². The maximum absolute atomic E-state index is 5.84. The number of hydrogen-bond donors (Lipinski definition) is 1. The quantitative estimate of drug-likeness (QED) is 0.887. The summed E-state index contributed by atoms with van der Waals surface area (Å²) < 4.78 is 10.7. The monoisotopic (exact) mass is 286 g/mol. The summed E-state index contributed by atoms with van der Waals surface area (Å²) in [4.78, 5) is 2.16. The lowest BCUT2D eigenvalue weighted by atomic mass is 10.1. The molecule has 2 N–H and O–H groups in total. The summed E-state index contributed by atoms with van der Waals surface area (Å²) in [5.41, 5.74) is 9.13. The molecule has 0 amide bonds. The van der Waals surface area contributed by atoms with Crippen LogP contribution in [0, 0.1) is 0 Å². The van der Waals surface area contributed by atoms with Crippen LogP contribution in [0.25, 0.3) is 0 Å². The van der Waals surface area contributed by atoms with Gasteiger partial charge < -0.3 is 20.1 Å². The van der Waals surface area contributed by atoms with Gasteiger partial charge in [0, 0.05) is 37.5 Å². The highest BCUT2D eigenvalue weighted by Crippen LogP contribution is 2.28. The summed E-state index contributed by atoms with van der Waals surface area (Å²) in [6.45, 7) is 1.24. The largest absolute Gasteiger partial charge is 0.497 e. The van der Waals surface area contributed by atoms with E-state index in [1.165, 1.54) is 0 Å². The lowest BCUT2D eigenvalue weighted by Crippen LogP contribution is -2.19. The molecule has 0 aliphatic rings. The van der Waals surface area contributed by atoms with Crippen LogP contribution in [-0.4, -0.2) is 21.3 Å². The van der Waals surface area contributed by atoms with Gasteiger partial charge in [0.05, 0.1) is 14.2 Å². The predicted molar refractivity (Wildman–Crippen MR) is 86.0 cm³/mol. The summed E-state index contributed by atoms with van der Waals surface area (Å²) in [5.74, 6) is 1.72. The van der Waals surface area contributed by atoms with Gasteiger partial charge in [-0.05, 0) is 17.7 Å². The first-order chi connectivity index (χ1) is 10.2. The van der Waals surface area contributed by atoms with Crippen molar-refractivity contribution < 1.29 is 9.47 Å². The molecule has 0 aromatic heterocycles. The highest BCUT2D eigenvalue weighted by Gasteiger charge is 2.11. The normalized spacial score (nSPS) is 10.3. The molecule has 0 unspecified atom stereocenters. The summed E-state index contributed by atoms with van der Waals surface area (Å²) >= 11 is 0. The van der Waals surface area contributed by atoms with E-state index in [0.29, 0.717) is 6.54 Å². The van der Waals surface area contributed by atoms with Gasteiger partial charge >= 0.3 is 0 Å². The third-order valence-corrected chi connectivity index (χ3v) is 3.52. The van der Waals surface area contributed by atoms with E-state index in [-0.39, 0.29) is 0 Å². The Morgan fingerprint density at radius 2 is 1.76 bits per heavy atom. The third kappa shape index (κ3) is 3.47. The Balaban J connectivity index is 2.29. The average molecular weight is 286 g/mol. The molecule has 112 valence electrons. The van der Waals surface area contributed by atoms with Crippen LogP contribution in [0.15, 0.2) is 42.5 Å². The second kappa shape index (κ2) is 6.99. The Morgan fingerprint density at radius 1 is 1.00 bits per heavy atom. The number of nitrogens with two attached hydrogens (primary N) is 1. The molecular weight excluding hydrogens is 264 g/mol. The molecule has 0 spiro atoms. The number of nitrogens with zero attached hydrogens (tertiary/aromatic N) is 1. The van der Waals surface area contributed by atoms with E-state index < -0.39 is 0 Å². The first kappa shape index (κ1) is 15.2. The van der Waals surface area contributed by atoms with Crippen molar-refractivity contribution in [3.8, 4) is 11.5 Å². The molecule has 2 aromatic rings. The van der Waals surface area contributed by atoms with Crippen LogP contribution in [-0.2, 0) is 13.1 Å². The molecule has 21 heavy (non-hydrogen) atoms. The molecule has 0 atom stereocenters. The van der Waals surface area contributed by atoms with Crippen molar-refractivity contribution in [2.45, 2.75) is 13.1 Å². The lowest BCUT2D eigenvalue weighted by molar-refractivity contribution is 0.409. The first-order valence-electron chi connectivity index (χ1n) is 6.89. The number of methoxy groups -OCH3 is 2. The molecule has 0 heterocycles. The Bertz CT molecular complexity index is 599. The number of hydrogen-bond acceptors (Lipinski definition) is 4. The maximum atomic E-state index is 5.84.